The highest BCUT2D eigenvalue weighted by Gasteiger charge is 2.29. The number of thiophene rings is 1. The zero-order valence-electron chi connectivity index (χ0n) is 8.01. The summed E-state index contributed by atoms with van der Waals surface area (Å²) in [6, 6.07) is 1.85. The Kier molecular flexibility index (Phi) is 3.77. The third-order valence-electron chi connectivity index (χ3n) is 2.29. The predicted molar refractivity (Wildman–Crippen MR) is 58.4 cm³/mol. The highest BCUT2D eigenvalue weighted by molar-refractivity contribution is 7.10. The minimum atomic E-state index is -0.708. The summed E-state index contributed by atoms with van der Waals surface area (Å²) in [4.78, 5) is 0.915. The van der Waals surface area contributed by atoms with Gasteiger partial charge in [0.1, 0.15) is 0 Å². The van der Waals surface area contributed by atoms with Crippen molar-refractivity contribution in [2.75, 3.05) is 0 Å². The Morgan fingerprint density at radius 3 is 2.62 bits per heavy atom. The molecule has 3 heteroatoms. The van der Waals surface area contributed by atoms with Crippen LogP contribution in [0, 0.1) is 0 Å². The van der Waals surface area contributed by atoms with Crippen molar-refractivity contribution in [1.82, 2.24) is 0 Å². The summed E-state index contributed by atoms with van der Waals surface area (Å²) in [6.45, 7) is 4.06. The van der Waals surface area contributed by atoms with Crippen LogP contribution in [0.2, 0.25) is 5.02 Å². The zero-order valence-corrected chi connectivity index (χ0v) is 9.58. The first kappa shape index (κ1) is 11.0. The Hall–Kier alpha value is -0.0500. The molecule has 1 aromatic rings. The van der Waals surface area contributed by atoms with E-state index >= 15 is 0 Å². The molecule has 0 saturated carbocycles. The van der Waals surface area contributed by atoms with Gasteiger partial charge in [0.15, 0.2) is 0 Å². The van der Waals surface area contributed by atoms with E-state index in [1.807, 2.05) is 18.4 Å². The summed E-state index contributed by atoms with van der Waals surface area (Å²) in [5, 5.41) is 12.9. The van der Waals surface area contributed by atoms with Crippen molar-refractivity contribution in [2.45, 2.75) is 38.7 Å². The Bertz CT molecular complexity index is 272. The molecule has 1 N–H and O–H groups in total. The quantitative estimate of drug-likeness (QED) is 0.815. The second-order valence-electron chi connectivity index (χ2n) is 3.23. The normalized spacial score (nSPS) is 15.7. The van der Waals surface area contributed by atoms with Crippen LogP contribution in [-0.2, 0) is 5.60 Å². The maximum Gasteiger partial charge on any atom is 0.1000 e. The Balaban J connectivity index is 2.95. The molecular weight excluding hydrogens is 204 g/mol. The fourth-order valence-electron chi connectivity index (χ4n) is 1.49. The van der Waals surface area contributed by atoms with Crippen LogP contribution in [0.3, 0.4) is 0 Å². The maximum atomic E-state index is 10.3. The molecule has 1 atom stereocenters. The molecule has 1 aromatic heterocycles. The molecule has 0 saturated heterocycles. The highest BCUT2D eigenvalue weighted by atomic mass is 35.5. The Labute approximate surface area is 88.4 Å². The van der Waals surface area contributed by atoms with E-state index in [0.29, 0.717) is 5.02 Å². The van der Waals surface area contributed by atoms with Gasteiger partial charge in [-0.3, -0.25) is 0 Å². The standard InChI is InChI=1S/C10H15ClOS/c1-3-6-10(12,4-2)9-8(11)5-7-13-9/h5,7,12H,3-4,6H2,1-2H3. The molecular formula is C10H15ClOS. The lowest BCUT2D eigenvalue weighted by molar-refractivity contribution is 0.0264. The van der Waals surface area contributed by atoms with Gasteiger partial charge in [0.2, 0.25) is 0 Å². The first-order valence-corrected chi connectivity index (χ1v) is 5.85. The fourth-order valence-corrected chi connectivity index (χ4v) is 2.92. The SMILES string of the molecule is CCCC(O)(CC)c1sccc1Cl. The van der Waals surface area contributed by atoms with Gasteiger partial charge in [0, 0.05) is 0 Å². The molecule has 0 aliphatic heterocycles. The topological polar surface area (TPSA) is 20.2 Å². The van der Waals surface area contributed by atoms with Gasteiger partial charge < -0.3 is 5.11 Å². The molecule has 1 rings (SSSR count). The second kappa shape index (κ2) is 4.45. The van der Waals surface area contributed by atoms with Crippen LogP contribution in [-0.4, -0.2) is 5.11 Å². The zero-order chi connectivity index (χ0) is 9.90. The molecule has 1 heterocycles. The van der Waals surface area contributed by atoms with E-state index in [0.717, 1.165) is 24.1 Å². The Morgan fingerprint density at radius 1 is 1.54 bits per heavy atom. The fraction of sp³-hybridized carbons (Fsp3) is 0.600. The summed E-state index contributed by atoms with van der Waals surface area (Å²) in [5.74, 6) is 0. The van der Waals surface area contributed by atoms with Crippen molar-refractivity contribution in [3.63, 3.8) is 0 Å². The van der Waals surface area contributed by atoms with Crippen molar-refractivity contribution in [2.24, 2.45) is 0 Å². The smallest absolute Gasteiger partial charge is 0.1000 e. The molecule has 0 fully saturated rings. The van der Waals surface area contributed by atoms with Gasteiger partial charge in [-0.2, -0.15) is 0 Å². The lowest BCUT2D eigenvalue weighted by atomic mass is 9.93. The van der Waals surface area contributed by atoms with Crippen LogP contribution in [0.1, 0.15) is 38.0 Å². The van der Waals surface area contributed by atoms with Crippen LogP contribution in [0.15, 0.2) is 11.4 Å². The van der Waals surface area contributed by atoms with Crippen LogP contribution in [0.4, 0.5) is 0 Å². The monoisotopic (exact) mass is 218 g/mol. The summed E-state index contributed by atoms with van der Waals surface area (Å²) < 4.78 is 0. The molecule has 1 nitrogen and oxygen atoms in total. The average Bonchev–Trinajstić information content (AvgIpc) is 2.52. The predicted octanol–water partition coefficient (Wildman–Crippen LogP) is 3.80. The van der Waals surface area contributed by atoms with Crippen LogP contribution in [0.25, 0.3) is 0 Å². The van der Waals surface area contributed by atoms with Gasteiger partial charge in [0.05, 0.1) is 15.5 Å². The Morgan fingerprint density at radius 2 is 2.23 bits per heavy atom. The minimum absolute atomic E-state index is 0.697. The number of hydrogen-bond acceptors (Lipinski definition) is 2. The van der Waals surface area contributed by atoms with Gasteiger partial charge in [-0.15, -0.1) is 11.3 Å². The van der Waals surface area contributed by atoms with Crippen molar-refractivity contribution in [1.29, 1.82) is 0 Å². The van der Waals surface area contributed by atoms with E-state index in [1.165, 1.54) is 11.3 Å². The van der Waals surface area contributed by atoms with E-state index < -0.39 is 5.60 Å². The van der Waals surface area contributed by atoms with E-state index in [1.54, 1.807) is 0 Å². The highest BCUT2D eigenvalue weighted by Crippen LogP contribution is 2.38. The molecule has 0 aliphatic rings. The third-order valence-corrected chi connectivity index (χ3v) is 3.82. The first-order valence-electron chi connectivity index (χ1n) is 4.60. The van der Waals surface area contributed by atoms with E-state index in [4.69, 9.17) is 11.6 Å². The summed E-state index contributed by atoms with van der Waals surface area (Å²) in [6.07, 6.45) is 2.48. The number of halogens is 1. The van der Waals surface area contributed by atoms with Crippen molar-refractivity contribution < 1.29 is 5.11 Å². The molecule has 0 radical (unpaired) electrons. The lowest BCUT2D eigenvalue weighted by Gasteiger charge is -2.25. The van der Waals surface area contributed by atoms with Gasteiger partial charge >= 0.3 is 0 Å². The van der Waals surface area contributed by atoms with Gasteiger partial charge in [-0.05, 0) is 24.3 Å². The lowest BCUT2D eigenvalue weighted by Crippen LogP contribution is -2.23. The summed E-state index contributed by atoms with van der Waals surface area (Å²) in [5.41, 5.74) is -0.708. The van der Waals surface area contributed by atoms with Gasteiger partial charge in [-0.1, -0.05) is 31.9 Å². The molecule has 74 valence electrons. The largest absolute Gasteiger partial charge is 0.384 e. The average molecular weight is 219 g/mol. The molecule has 0 aliphatic carbocycles. The van der Waals surface area contributed by atoms with Crippen molar-refractivity contribution >= 4 is 22.9 Å². The minimum Gasteiger partial charge on any atom is -0.384 e. The summed E-state index contributed by atoms with van der Waals surface area (Å²) in [7, 11) is 0. The van der Waals surface area contributed by atoms with Crippen LogP contribution >= 0.6 is 22.9 Å². The van der Waals surface area contributed by atoms with E-state index in [-0.39, 0.29) is 0 Å². The molecule has 0 amide bonds. The van der Waals surface area contributed by atoms with Gasteiger partial charge in [-0.25, -0.2) is 0 Å². The number of aliphatic hydroxyl groups is 1. The molecule has 1 unspecified atom stereocenters. The van der Waals surface area contributed by atoms with Gasteiger partial charge in [0.25, 0.3) is 0 Å². The number of rotatable bonds is 4. The van der Waals surface area contributed by atoms with E-state index in [9.17, 15) is 5.11 Å². The van der Waals surface area contributed by atoms with Crippen LogP contribution in [0.5, 0.6) is 0 Å². The summed E-state index contributed by atoms with van der Waals surface area (Å²) >= 11 is 7.53. The number of hydrogen-bond donors (Lipinski definition) is 1. The molecule has 0 bridgehead atoms. The van der Waals surface area contributed by atoms with Crippen LogP contribution < -0.4 is 0 Å². The molecule has 0 aromatic carbocycles. The second-order valence-corrected chi connectivity index (χ2v) is 4.56. The molecule has 13 heavy (non-hydrogen) atoms. The maximum absolute atomic E-state index is 10.3. The van der Waals surface area contributed by atoms with E-state index in [2.05, 4.69) is 6.92 Å². The first-order chi connectivity index (χ1) is 6.14. The van der Waals surface area contributed by atoms with Crippen molar-refractivity contribution in [3.8, 4) is 0 Å². The third kappa shape index (κ3) is 2.25. The molecule has 0 spiro atoms. The van der Waals surface area contributed by atoms with Crippen molar-refractivity contribution in [3.05, 3.63) is 21.3 Å².